The fraction of sp³-hybridized carbons (Fsp3) is 0.476. The number of aromatic nitrogens is 2. The Labute approximate surface area is 176 Å². The van der Waals surface area contributed by atoms with Crippen LogP contribution in [-0.2, 0) is 4.74 Å². The smallest absolute Gasteiger partial charge is 0.410 e. The molecular formula is C21H28N4O3S. The lowest BCUT2D eigenvalue weighted by molar-refractivity contribution is 0.0240. The molecule has 29 heavy (non-hydrogen) atoms. The number of benzene rings is 1. The second kappa shape index (κ2) is 9.82. The number of thioether (sulfide) groups is 1. The molecule has 2 heterocycles. The number of hydrogen-bond donors (Lipinski definition) is 0. The molecule has 2 aromatic rings. The number of amides is 1. The summed E-state index contributed by atoms with van der Waals surface area (Å²) in [5, 5.41) is 0.884. The van der Waals surface area contributed by atoms with Crippen LogP contribution < -0.4 is 9.64 Å². The zero-order valence-electron chi connectivity index (χ0n) is 17.2. The summed E-state index contributed by atoms with van der Waals surface area (Å²) in [6.07, 6.45) is 3.16. The summed E-state index contributed by atoms with van der Waals surface area (Å²) in [4.78, 5) is 25.2. The van der Waals surface area contributed by atoms with E-state index in [-0.39, 0.29) is 6.09 Å². The molecular weight excluding hydrogens is 388 g/mol. The first-order valence-corrected chi connectivity index (χ1v) is 10.8. The van der Waals surface area contributed by atoms with Crippen molar-refractivity contribution in [3.8, 4) is 5.75 Å². The topological polar surface area (TPSA) is 67.8 Å². The predicted molar refractivity (Wildman–Crippen MR) is 115 cm³/mol. The van der Waals surface area contributed by atoms with E-state index in [1.54, 1.807) is 29.1 Å². The summed E-state index contributed by atoms with van der Waals surface area (Å²) in [6.45, 7) is 8.84. The average Bonchev–Trinajstić information content (AvgIpc) is 2.71. The van der Waals surface area contributed by atoms with Crippen LogP contribution in [0, 0.1) is 0 Å². The van der Waals surface area contributed by atoms with Crippen molar-refractivity contribution < 1.29 is 14.3 Å². The van der Waals surface area contributed by atoms with Gasteiger partial charge in [-0.2, -0.15) is 0 Å². The van der Waals surface area contributed by atoms with Gasteiger partial charge in [0, 0.05) is 44.3 Å². The normalized spacial score (nSPS) is 14.6. The molecule has 1 saturated heterocycles. The molecule has 0 spiro atoms. The SMILES string of the molecule is CC(C)(C)OC(=O)N1CCN(c2nccnc2SCCOc2ccccc2)CC1. The molecule has 156 valence electrons. The predicted octanol–water partition coefficient (Wildman–Crippen LogP) is 3.70. The Hall–Kier alpha value is -2.48. The molecule has 1 amide bonds. The van der Waals surface area contributed by atoms with Crippen molar-refractivity contribution in [2.24, 2.45) is 0 Å². The largest absolute Gasteiger partial charge is 0.493 e. The van der Waals surface area contributed by atoms with Crippen LogP contribution in [-0.4, -0.2) is 65.1 Å². The average molecular weight is 417 g/mol. The van der Waals surface area contributed by atoms with Gasteiger partial charge in [0.25, 0.3) is 0 Å². The monoisotopic (exact) mass is 416 g/mol. The molecule has 0 saturated carbocycles. The first-order chi connectivity index (χ1) is 13.9. The molecule has 8 heteroatoms. The summed E-state index contributed by atoms with van der Waals surface area (Å²) in [5.74, 6) is 2.50. The van der Waals surface area contributed by atoms with Crippen LogP contribution in [0.1, 0.15) is 20.8 Å². The lowest BCUT2D eigenvalue weighted by Gasteiger charge is -2.36. The Kier molecular flexibility index (Phi) is 7.19. The van der Waals surface area contributed by atoms with E-state index in [0.29, 0.717) is 32.8 Å². The van der Waals surface area contributed by atoms with Crippen molar-refractivity contribution in [1.29, 1.82) is 0 Å². The van der Waals surface area contributed by atoms with Gasteiger partial charge >= 0.3 is 6.09 Å². The van der Waals surface area contributed by atoms with Crippen LogP contribution in [0.5, 0.6) is 5.75 Å². The number of rotatable bonds is 6. The van der Waals surface area contributed by atoms with E-state index in [2.05, 4.69) is 14.9 Å². The highest BCUT2D eigenvalue weighted by molar-refractivity contribution is 7.99. The van der Waals surface area contributed by atoms with E-state index in [9.17, 15) is 4.79 Å². The van der Waals surface area contributed by atoms with Crippen molar-refractivity contribution in [2.45, 2.75) is 31.4 Å². The maximum Gasteiger partial charge on any atom is 0.410 e. The third-order valence-electron chi connectivity index (χ3n) is 4.21. The Morgan fingerprint density at radius 3 is 2.45 bits per heavy atom. The van der Waals surface area contributed by atoms with Crippen molar-refractivity contribution >= 4 is 23.7 Å². The molecule has 1 aromatic carbocycles. The fourth-order valence-electron chi connectivity index (χ4n) is 2.88. The molecule has 0 bridgehead atoms. The Morgan fingerprint density at radius 1 is 1.07 bits per heavy atom. The third kappa shape index (κ3) is 6.52. The Morgan fingerprint density at radius 2 is 1.76 bits per heavy atom. The minimum absolute atomic E-state index is 0.260. The number of nitrogens with zero attached hydrogens (tertiary/aromatic N) is 4. The Bertz CT molecular complexity index is 790. The van der Waals surface area contributed by atoms with Crippen molar-refractivity contribution in [2.75, 3.05) is 43.4 Å². The van der Waals surface area contributed by atoms with Gasteiger partial charge in [-0.25, -0.2) is 14.8 Å². The standard InChI is InChI=1S/C21H28N4O3S/c1-21(2,3)28-20(26)25-13-11-24(12-14-25)18-19(23-10-9-22-18)29-16-15-27-17-7-5-4-6-8-17/h4-10H,11-16H2,1-3H3. The van der Waals surface area contributed by atoms with Crippen LogP contribution in [0.25, 0.3) is 0 Å². The number of carbonyl (C=O) groups excluding carboxylic acids is 1. The van der Waals surface area contributed by atoms with Crippen LogP contribution in [0.2, 0.25) is 0 Å². The summed E-state index contributed by atoms with van der Waals surface area (Å²) in [5.41, 5.74) is -0.481. The van der Waals surface area contributed by atoms with Gasteiger partial charge in [0.1, 0.15) is 16.4 Å². The lowest BCUT2D eigenvalue weighted by atomic mass is 10.2. The number of piperazine rings is 1. The molecule has 1 aromatic heterocycles. The van der Waals surface area contributed by atoms with Gasteiger partial charge in [-0.15, -0.1) is 0 Å². The molecule has 7 nitrogen and oxygen atoms in total. The zero-order chi connectivity index (χ0) is 20.7. The molecule has 0 unspecified atom stereocenters. The van der Waals surface area contributed by atoms with E-state index >= 15 is 0 Å². The second-order valence-corrected chi connectivity index (χ2v) is 8.73. The molecule has 1 aliphatic rings. The van der Waals surface area contributed by atoms with E-state index < -0.39 is 5.60 Å². The molecule has 1 aliphatic heterocycles. The molecule has 0 atom stereocenters. The van der Waals surface area contributed by atoms with Crippen LogP contribution in [0.4, 0.5) is 10.6 Å². The maximum absolute atomic E-state index is 12.3. The maximum atomic E-state index is 12.3. The highest BCUT2D eigenvalue weighted by Crippen LogP contribution is 2.27. The van der Waals surface area contributed by atoms with Crippen molar-refractivity contribution in [3.63, 3.8) is 0 Å². The number of carbonyl (C=O) groups is 1. The van der Waals surface area contributed by atoms with E-state index in [1.165, 1.54) is 0 Å². The van der Waals surface area contributed by atoms with Crippen LogP contribution in [0.3, 0.4) is 0 Å². The first-order valence-electron chi connectivity index (χ1n) is 9.77. The number of hydrogen-bond acceptors (Lipinski definition) is 7. The van der Waals surface area contributed by atoms with Crippen molar-refractivity contribution in [3.05, 3.63) is 42.7 Å². The third-order valence-corrected chi connectivity index (χ3v) is 5.14. The zero-order valence-corrected chi connectivity index (χ0v) is 18.0. The summed E-state index contributed by atoms with van der Waals surface area (Å²) >= 11 is 1.63. The van der Waals surface area contributed by atoms with Gasteiger partial charge in [0.2, 0.25) is 0 Å². The second-order valence-electron chi connectivity index (χ2n) is 7.65. The highest BCUT2D eigenvalue weighted by Gasteiger charge is 2.27. The Balaban J connectivity index is 1.51. The summed E-state index contributed by atoms with van der Waals surface area (Å²) in [6, 6.07) is 9.78. The van der Waals surface area contributed by atoms with Crippen LogP contribution >= 0.6 is 11.8 Å². The molecule has 0 aliphatic carbocycles. The van der Waals surface area contributed by atoms with E-state index in [4.69, 9.17) is 9.47 Å². The highest BCUT2D eigenvalue weighted by atomic mass is 32.2. The molecule has 0 radical (unpaired) electrons. The molecule has 3 rings (SSSR count). The first kappa shape index (κ1) is 21.2. The van der Waals surface area contributed by atoms with Gasteiger partial charge in [-0.05, 0) is 32.9 Å². The van der Waals surface area contributed by atoms with Gasteiger partial charge < -0.3 is 19.3 Å². The number of para-hydroxylation sites is 1. The fourth-order valence-corrected chi connectivity index (χ4v) is 3.68. The molecule has 0 N–H and O–H groups in total. The van der Waals surface area contributed by atoms with Gasteiger partial charge in [-0.3, -0.25) is 0 Å². The number of anilines is 1. The quantitative estimate of drug-likeness (QED) is 0.525. The minimum Gasteiger partial charge on any atom is -0.493 e. The van der Waals surface area contributed by atoms with Crippen molar-refractivity contribution in [1.82, 2.24) is 14.9 Å². The van der Waals surface area contributed by atoms with Gasteiger partial charge in [0.15, 0.2) is 5.82 Å². The minimum atomic E-state index is -0.481. The summed E-state index contributed by atoms with van der Waals surface area (Å²) < 4.78 is 11.2. The summed E-state index contributed by atoms with van der Waals surface area (Å²) in [7, 11) is 0. The number of ether oxygens (including phenoxy) is 2. The van der Waals surface area contributed by atoms with Gasteiger partial charge in [0.05, 0.1) is 6.61 Å². The van der Waals surface area contributed by atoms with Crippen LogP contribution in [0.15, 0.2) is 47.8 Å². The van der Waals surface area contributed by atoms with E-state index in [0.717, 1.165) is 22.3 Å². The lowest BCUT2D eigenvalue weighted by Crippen LogP contribution is -2.50. The van der Waals surface area contributed by atoms with Gasteiger partial charge in [-0.1, -0.05) is 30.0 Å². The molecule has 1 fully saturated rings. The van der Waals surface area contributed by atoms with E-state index in [1.807, 2.05) is 51.1 Å².